The largest absolute Gasteiger partial charge is 0.497 e. The van der Waals surface area contributed by atoms with Gasteiger partial charge in [-0.2, -0.15) is 5.10 Å². The number of carbonyl (C=O) groups is 1. The Labute approximate surface area is 198 Å². The maximum atomic E-state index is 12.7. The Morgan fingerprint density at radius 1 is 1.00 bits per heavy atom. The molecule has 1 amide bonds. The molecule has 4 aromatic rings. The van der Waals surface area contributed by atoms with E-state index < -0.39 is 0 Å². The van der Waals surface area contributed by atoms with Gasteiger partial charge in [0, 0.05) is 34.3 Å². The first kappa shape index (κ1) is 22.7. The van der Waals surface area contributed by atoms with Gasteiger partial charge in [-0.15, -0.1) is 11.8 Å². The Balaban J connectivity index is 1.58. The summed E-state index contributed by atoms with van der Waals surface area (Å²) in [7, 11) is 1.61. The molecular weight excluding hydrogens is 430 g/mol. The molecule has 0 fully saturated rings. The molecule has 0 saturated heterocycles. The first-order chi connectivity index (χ1) is 16.2. The third-order valence-electron chi connectivity index (χ3n) is 5.20. The van der Waals surface area contributed by atoms with Gasteiger partial charge in [0.15, 0.2) is 0 Å². The molecule has 33 heavy (non-hydrogen) atoms. The lowest BCUT2D eigenvalue weighted by Crippen LogP contribution is -2.22. The van der Waals surface area contributed by atoms with Gasteiger partial charge in [-0.1, -0.05) is 37.3 Å². The zero-order valence-corrected chi connectivity index (χ0v) is 19.6. The summed E-state index contributed by atoms with van der Waals surface area (Å²) in [4.78, 5) is 14.0. The zero-order chi connectivity index (χ0) is 23.0. The first-order valence-corrected chi connectivity index (χ1v) is 12.0. The van der Waals surface area contributed by atoms with Crippen molar-refractivity contribution in [1.29, 1.82) is 0 Å². The summed E-state index contributed by atoms with van der Waals surface area (Å²) in [5.74, 6) is 1.69. The summed E-state index contributed by atoms with van der Waals surface area (Å²) in [5.41, 5.74) is 4.40. The van der Waals surface area contributed by atoms with Gasteiger partial charge < -0.3 is 10.1 Å². The molecule has 0 aliphatic heterocycles. The highest BCUT2D eigenvalue weighted by molar-refractivity contribution is 7.99. The summed E-state index contributed by atoms with van der Waals surface area (Å²) >= 11 is 1.85. The number of ether oxygens (including phenoxy) is 1. The maximum Gasteiger partial charge on any atom is 0.251 e. The molecule has 4 rings (SSSR count). The standard InChI is InChI=1S/C27H27N3O2S/c1-3-17-33-25-15-11-20(12-16-25)26-22(19-30(29-26)23-7-5-4-6-8-23)18-28-27(31)21-9-13-24(32-2)14-10-21/h4-16,19H,3,17-18H2,1-2H3,(H,28,31). The average Bonchev–Trinajstić information content (AvgIpc) is 3.31. The molecule has 0 aliphatic carbocycles. The Kier molecular flexibility index (Phi) is 7.47. The van der Waals surface area contributed by atoms with Crippen molar-refractivity contribution in [2.24, 2.45) is 0 Å². The van der Waals surface area contributed by atoms with Crippen LogP contribution in [-0.2, 0) is 6.54 Å². The van der Waals surface area contributed by atoms with Gasteiger partial charge in [-0.25, -0.2) is 4.68 Å². The van der Waals surface area contributed by atoms with E-state index in [-0.39, 0.29) is 5.91 Å². The molecule has 0 radical (unpaired) electrons. The number of para-hydroxylation sites is 1. The van der Waals surface area contributed by atoms with Crippen molar-refractivity contribution >= 4 is 17.7 Å². The van der Waals surface area contributed by atoms with Crippen molar-refractivity contribution in [3.8, 4) is 22.7 Å². The summed E-state index contributed by atoms with van der Waals surface area (Å²) < 4.78 is 7.04. The second-order valence-electron chi connectivity index (χ2n) is 7.57. The minimum atomic E-state index is -0.137. The van der Waals surface area contributed by atoms with Crippen molar-refractivity contribution in [2.75, 3.05) is 12.9 Å². The number of nitrogens with zero attached hydrogens (tertiary/aromatic N) is 2. The number of carbonyl (C=O) groups excluding carboxylic acids is 1. The second kappa shape index (κ2) is 10.9. The molecule has 0 spiro atoms. The lowest BCUT2D eigenvalue weighted by atomic mass is 10.1. The van der Waals surface area contributed by atoms with Crippen molar-refractivity contribution in [3.63, 3.8) is 0 Å². The topological polar surface area (TPSA) is 56.2 Å². The van der Waals surface area contributed by atoms with Crippen LogP contribution in [0.3, 0.4) is 0 Å². The molecule has 1 aromatic heterocycles. The van der Waals surface area contributed by atoms with Crippen LogP contribution in [0.25, 0.3) is 16.9 Å². The SMILES string of the molecule is CCCSc1ccc(-c2nn(-c3ccccc3)cc2CNC(=O)c2ccc(OC)cc2)cc1. The average molecular weight is 458 g/mol. The molecule has 0 aliphatic rings. The molecule has 6 heteroatoms. The van der Waals surface area contributed by atoms with Crippen LogP contribution in [0.4, 0.5) is 0 Å². The van der Waals surface area contributed by atoms with E-state index in [2.05, 4.69) is 36.5 Å². The number of hydrogen-bond donors (Lipinski definition) is 1. The van der Waals surface area contributed by atoms with Crippen LogP contribution in [0.5, 0.6) is 5.75 Å². The smallest absolute Gasteiger partial charge is 0.251 e. The van der Waals surface area contributed by atoms with E-state index in [1.165, 1.54) is 4.90 Å². The first-order valence-electron chi connectivity index (χ1n) is 11.0. The van der Waals surface area contributed by atoms with Crippen molar-refractivity contribution in [2.45, 2.75) is 24.8 Å². The van der Waals surface area contributed by atoms with Crippen molar-refractivity contribution < 1.29 is 9.53 Å². The van der Waals surface area contributed by atoms with E-state index in [4.69, 9.17) is 9.84 Å². The molecule has 0 atom stereocenters. The molecule has 0 unspecified atom stereocenters. The quantitative estimate of drug-likeness (QED) is 0.314. The van der Waals surface area contributed by atoms with E-state index >= 15 is 0 Å². The third-order valence-corrected chi connectivity index (χ3v) is 6.42. The molecule has 0 bridgehead atoms. The lowest BCUT2D eigenvalue weighted by Gasteiger charge is -2.07. The van der Waals surface area contributed by atoms with Gasteiger partial charge >= 0.3 is 0 Å². The Morgan fingerprint density at radius 2 is 1.73 bits per heavy atom. The number of amides is 1. The molecule has 3 aromatic carbocycles. The number of nitrogens with one attached hydrogen (secondary N) is 1. The third kappa shape index (κ3) is 5.65. The fourth-order valence-corrected chi connectivity index (χ4v) is 4.21. The van der Waals surface area contributed by atoms with E-state index in [1.807, 2.05) is 53.0 Å². The van der Waals surface area contributed by atoms with Crippen LogP contribution in [0.2, 0.25) is 0 Å². The van der Waals surface area contributed by atoms with Crippen LogP contribution in [0.15, 0.2) is 90.0 Å². The number of aromatic nitrogens is 2. The summed E-state index contributed by atoms with van der Waals surface area (Å²) in [6.07, 6.45) is 3.13. The number of benzene rings is 3. The van der Waals surface area contributed by atoms with Crippen LogP contribution in [0, 0.1) is 0 Å². The Hall–Kier alpha value is -3.51. The molecule has 5 nitrogen and oxygen atoms in total. The monoisotopic (exact) mass is 457 g/mol. The highest BCUT2D eigenvalue weighted by Crippen LogP contribution is 2.27. The zero-order valence-electron chi connectivity index (χ0n) is 18.8. The number of methoxy groups -OCH3 is 1. The minimum Gasteiger partial charge on any atom is -0.497 e. The van der Waals surface area contributed by atoms with E-state index in [0.717, 1.165) is 40.4 Å². The fourth-order valence-electron chi connectivity index (χ4n) is 3.44. The van der Waals surface area contributed by atoms with Crippen LogP contribution >= 0.6 is 11.8 Å². The number of rotatable bonds is 9. The lowest BCUT2D eigenvalue weighted by molar-refractivity contribution is 0.0951. The molecule has 0 saturated carbocycles. The van der Waals surface area contributed by atoms with E-state index in [1.54, 1.807) is 31.4 Å². The van der Waals surface area contributed by atoms with Crippen LogP contribution in [0.1, 0.15) is 29.3 Å². The van der Waals surface area contributed by atoms with E-state index in [9.17, 15) is 4.79 Å². The van der Waals surface area contributed by atoms with Crippen molar-refractivity contribution in [1.82, 2.24) is 15.1 Å². The summed E-state index contributed by atoms with van der Waals surface area (Å²) in [6.45, 7) is 2.56. The normalized spacial score (nSPS) is 10.7. The predicted molar refractivity (Wildman–Crippen MR) is 134 cm³/mol. The van der Waals surface area contributed by atoms with Gasteiger partial charge in [0.2, 0.25) is 0 Å². The predicted octanol–water partition coefficient (Wildman–Crippen LogP) is 5.98. The highest BCUT2D eigenvalue weighted by Gasteiger charge is 2.14. The van der Waals surface area contributed by atoms with Crippen molar-refractivity contribution in [3.05, 3.63) is 96.2 Å². The second-order valence-corrected chi connectivity index (χ2v) is 8.74. The van der Waals surface area contributed by atoms with Crippen LogP contribution in [-0.4, -0.2) is 28.6 Å². The molecule has 1 N–H and O–H groups in total. The van der Waals surface area contributed by atoms with Gasteiger partial charge in [-0.3, -0.25) is 4.79 Å². The molecule has 168 valence electrons. The number of hydrogen-bond acceptors (Lipinski definition) is 4. The minimum absolute atomic E-state index is 0.137. The van der Waals surface area contributed by atoms with Gasteiger partial charge in [0.1, 0.15) is 5.75 Å². The van der Waals surface area contributed by atoms with Gasteiger partial charge in [0.25, 0.3) is 5.91 Å². The molecule has 1 heterocycles. The number of thioether (sulfide) groups is 1. The summed E-state index contributed by atoms with van der Waals surface area (Å²) in [6, 6.07) is 25.5. The Bertz CT molecular complexity index is 1190. The highest BCUT2D eigenvalue weighted by atomic mass is 32.2. The maximum absolute atomic E-state index is 12.7. The van der Waals surface area contributed by atoms with Gasteiger partial charge in [0.05, 0.1) is 18.5 Å². The van der Waals surface area contributed by atoms with Gasteiger partial charge in [-0.05, 0) is 60.7 Å². The molecular formula is C27H27N3O2S. The summed E-state index contributed by atoms with van der Waals surface area (Å²) in [5, 5.41) is 7.89. The Morgan fingerprint density at radius 3 is 2.39 bits per heavy atom. The fraction of sp³-hybridized carbons (Fsp3) is 0.185. The van der Waals surface area contributed by atoms with E-state index in [0.29, 0.717) is 12.1 Å². The van der Waals surface area contributed by atoms with Crippen LogP contribution < -0.4 is 10.1 Å².